The lowest BCUT2D eigenvalue weighted by atomic mass is 10.0. The third kappa shape index (κ3) is 4.50. The van der Waals surface area contributed by atoms with E-state index in [-0.39, 0.29) is 6.04 Å². The summed E-state index contributed by atoms with van der Waals surface area (Å²) in [4.78, 5) is 8.70. The van der Waals surface area contributed by atoms with Crippen molar-refractivity contribution in [3.63, 3.8) is 0 Å². The summed E-state index contributed by atoms with van der Waals surface area (Å²) < 4.78 is 0. The molecule has 6 nitrogen and oxygen atoms in total. The van der Waals surface area contributed by atoms with E-state index in [4.69, 9.17) is 5.73 Å². The minimum atomic E-state index is -0.406. The van der Waals surface area contributed by atoms with Crippen LogP contribution in [0.4, 0.5) is 11.6 Å². The largest absolute Gasteiger partial charge is 0.390 e. The molecule has 0 unspecified atom stereocenters. The Kier molecular flexibility index (Phi) is 5.87. The highest BCUT2D eigenvalue weighted by atomic mass is 32.2. The maximum Gasteiger partial charge on any atom is 0.191 e. The summed E-state index contributed by atoms with van der Waals surface area (Å²) in [5, 5.41) is 17.1. The number of aliphatic hydroxyl groups is 1. The van der Waals surface area contributed by atoms with Crippen molar-refractivity contribution < 1.29 is 5.11 Å². The average Bonchev–Trinajstić information content (AvgIpc) is 2.41. The van der Waals surface area contributed by atoms with Crippen LogP contribution >= 0.6 is 11.8 Å². The van der Waals surface area contributed by atoms with E-state index in [2.05, 4.69) is 27.5 Å². The summed E-state index contributed by atoms with van der Waals surface area (Å²) in [6.07, 6.45) is 2.75. The highest BCUT2D eigenvalue weighted by Crippen LogP contribution is 2.20. The second-order valence-corrected chi connectivity index (χ2v) is 6.04. The van der Waals surface area contributed by atoms with Gasteiger partial charge in [0.1, 0.15) is 11.6 Å². The zero-order chi connectivity index (χ0) is 14.4. The van der Waals surface area contributed by atoms with Crippen LogP contribution < -0.4 is 16.4 Å². The van der Waals surface area contributed by atoms with Crippen LogP contribution in [0, 0.1) is 0 Å². The number of nitrogens with zero attached hydrogens (tertiary/aromatic N) is 2. The van der Waals surface area contributed by atoms with Crippen LogP contribution in [0.25, 0.3) is 0 Å². The Balaban J connectivity index is 1.99. The lowest BCUT2D eigenvalue weighted by Gasteiger charge is -2.29. The number of aromatic nitrogens is 2. The third-order valence-corrected chi connectivity index (χ3v) is 4.17. The van der Waals surface area contributed by atoms with Crippen LogP contribution in [-0.2, 0) is 0 Å². The summed E-state index contributed by atoms with van der Waals surface area (Å²) in [6.45, 7) is 3.66. The molecule has 1 saturated heterocycles. The molecule has 0 radical (unpaired) electrons. The van der Waals surface area contributed by atoms with E-state index < -0.39 is 6.10 Å². The molecule has 20 heavy (non-hydrogen) atoms. The van der Waals surface area contributed by atoms with Crippen molar-refractivity contribution in [2.45, 2.75) is 43.5 Å². The van der Waals surface area contributed by atoms with Crippen molar-refractivity contribution in [1.82, 2.24) is 15.3 Å². The molecule has 2 rings (SSSR count). The Morgan fingerprint density at radius 2 is 2.40 bits per heavy atom. The molecular formula is C13H23N5OS. The molecule has 2 atom stereocenters. The Morgan fingerprint density at radius 1 is 1.55 bits per heavy atom. The van der Waals surface area contributed by atoms with E-state index in [1.807, 2.05) is 0 Å². The lowest BCUT2D eigenvalue weighted by molar-refractivity contribution is 0.128. The van der Waals surface area contributed by atoms with E-state index in [1.54, 1.807) is 17.8 Å². The molecule has 0 bridgehead atoms. The summed E-state index contributed by atoms with van der Waals surface area (Å²) in [7, 11) is 0. The van der Waals surface area contributed by atoms with Gasteiger partial charge in [-0.1, -0.05) is 25.1 Å². The molecule has 1 aromatic rings. The zero-order valence-corrected chi connectivity index (χ0v) is 12.6. The van der Waals surface area contributed by atoms with Crippen molar-refractivity contribution in [2.75, 3.05) is 29.9 Å². The van der Waals surface area contributed by atoms with Gasteiger partial charge in [-0.05, 0) is 19.4 Å². The molecule has 0 aromatic carbocycles. The number of β-amino-alcohol motifs (C(OH)–C–C–N with tert-alkyl or cyclic N) is 1. The number of rotatable bonds is 6. The number of nitrogen functional groups attached to an aromatic ring is 1. The number of aliphatic hydroxyl groups excluding tert-OH is 1. The van der Waals surface area contributed by atoms with Gasteiger partial charge in [-0.25, -0.2) is 9.97 Å². The van der Waals surface area contributed by atoms with Crippen molar-refractivity contribution >= 4 is 23.4 Å². The first-order valence-electron chi connectivity index (χ1n) is 7.11. The molecule has 2 heterocycles. The van der Waals surface area contributed by atoms with Gasteiger partial charge in [0.15, 0.2) is 5.16 Å². The molecule has 1 aliphatic rings. The van der Waals surface area contributed by atoms with Gasteiger partial charge in [0, 0.05) is 18.4 Å². The van der Waals surface area contributed by atoms with E-state index >= 15 is 0 Å². The maximum atomic E-state index is 9.94. The molecule has 5 N–H and O–H groups in total. The molecule has 0 amide bonds. The molecule has 0 spiro atoms. The highest BCUT2D eigenvalue weighted by Gasteiger charge is 2.23. The Labute approximate surface area is 124 Å². The van der Waals surface area contributed by atoms with Gasteiger partial charge in [0.05, 0.1) is 12.1 Å². The molecule has 0 saturated carbocycles. The molecule has 7 heteroatoms. The van der Waals surface area contributed by atoms with Crippen molar-refractivity contribution in [2.24, 2.45) is 0 Å². The van der Waals surface area contributed by atoms with Crippen LogP contribution in [0.3, 0.4) is 0 Å². The first kappa shape index (κ1) is 15.3. The number of hydrogen-bond acceptors (Lipinski definition) is 7. The van der Waals surface area contributed by atoms with Crippen molar-refractivity contribution in [1.29, 1.82) is 0 Å². The number of nitrogens with two attached hydrogens (primary N) is 1. The van der Waals surface area contributed by atoms with E-state index in [1.165, 1.54) is 0 Å². The fraction of sp³-hybridized carbons (Fsp3) is 0.692. The predicted molar refractivity (Wildman–Crippen MR) is 83.0 cm³/mol. The smallest absolute Gasteiger partial charge is 0.191 e. The van der Waals surface area contributed by atoms with Crippen LogP contribution in [0.15, 0.2) is 11.2 Å². The average molecular weight is 297 g/mol. The third-order valence-electron chi connectivity index (χ3n) is 3.24. The van der Waals surface area contributed by atoms with Crippen LogP contribution in [0.5, 0.6) is 0 Å². The topological polar surface area (TPSA) is 96.1 Å². The van der Waals surface area contributed by atoms with Gasteiger partial charge in [-0.15, -0.1) is 0 Å². The van der Waals surface area contributed by atoms with E-state index in [0.717, 1.165) is 31.6 Å². The first-order valence-corrected chi connectivity index (χ1v) is 8.10. The first-order chi connectivity index (χ1) is 9.69. The molecule has 0 aliphatic carbocycles. The molecule has 112 valence electrons. The molecule has 1 fully saturated rings. The highest BCUT2D eigenvalue weighted by molar-refractivity contribution is 7.99. The van der Waals surface area contributed by atoms with Gasteiger partial charge < -0.3 is 21.5 Å². The summed E-state index contributed by atoms with van der Waals surface area (Å²) in [6, 6.07) is 1.73. The van der Waals surface area contributed by atoms with Crippen LogP contribution in [-0.4, -0.2) is 46.1 Å². The Bertz CT molecular complexity index is 431. The standard InChI is InChI=1S/C13H23N5OS/c1-2-3-6-20-13-17-11(14)7-12(18-13)16-9-4-5-15-8-10(9)19/h7,9-10,15,19H,2-6,8H2,1H3,(H3,14,16,17,18)/t9-,10-/m1/s1. The Hall–Kier alpha value is -1.05. The number of thioether (sulfide) groups is 1. The Morgan fingerprint density at radius 3 is 3.15 bits per heavy atom. The summed E-state index contributed by atoms with van der Waals surface area (Å²) in [5.41, 5.74) is 5.82. The SMILES string of the molecule is CCCCSc1nc(N)cc(N[C@@H]2CCNC[C@H]2O)n1. The van der Waals surface area contributed by atoms with E-state index in [0.29, 0.717) is 23.3 Å². The van der Waals surface area contributed by atoms with Gasteiger partial charge in [0.2, 0.25) is 0 Å². The van der Waals surface area contributed by atoms with Crippen LogP contribution in [0.1, 0.15) is 26.2 Å². The van der Waals surface area contributed by atoms with Gasteiger partial charge in [-0.2, -0.15) is 0 Å². The predicted octanol–water partition coefficient (Wildman–Crippen LogP) is 1.09. The molecule has 1 aromatic heterocycles. The number of piperidine rings is 1. The molecule has 1 aliphatic heterocycles. The normalized spacial score (nSPS) is 22.7. The van der Waals surface area contributed by atoms with E-state index in [9.17, 15) is 5.11 Å². The fourth-order valence-corrected chi connectivity index (χ4v) is 3.04. The van der Waals surface area contributed by atoms with Gasteiger partial charge in [0.25, 0.3) is 0 Å². The zero-order valence-electron chi connectivity index (χ0n) is 11.8. The number of nitrogens with one attached hydrogen (secondary N) is 2. The second-order valence-electron chi connectivity index (χ2n) is 4.97. The molecular weight excluding hydrogens is 274 g/mol. The maximum absolute atomic E-state index is 9.94. The minimum absolute atomic E-state index is 0.0130. The minimum Gasteiger partial charge on any atom is -0.390 e. The number of unbranched alkanes of at least 4 members (excludes halogenated alkanes) is 1. The lowest BCUT2D eigenvalue weighted by Crippen LogP contribution is -2.47. The van der Waals surface area contributed by atoms with Gasteiger partial charge >= 0.3 is 0 Å². The monoisotopic (exact) mass is 297 g/mol. The quantitative estimate of drug-likeness (QED) is 0.354. The number of hydrogen-bond donors (Lipinski definition) is 4. The summed E-state index contributed by atoms with van der Waals surface area (Å²) >= 11 is 1.62. The second kappa shape index (κ2) is 7.66. The van der Waals surface area contributed by atoms with Crippen LogP contribution in [0.2, 0.25) is 0 Å². The van der Waals surface area contributed by atoms with Crippen molar-refractivity contribution in [3.05, 3.63) is 6.07 Å². The van der Waals surface area contributed by atoms with Gasteiger partial charge in [-0.3, -0.25) is 0 Å². The number of anilines is 2. The van der Waals surface area contributed by atoms with Crippen molar-refractivity contribution in [3.8, 4) is 0 Å². The summed E-state index contributed by atoms with van der Waals surface area (Å²) in [5.74, 6) is 2.16. The fourth-order valence-electron chi connectivity index (χ4n) is 2.09.